The van der Waals surface area contributed by atoms with Gasteiger partial charge in [-0.1, -0.05) is 140 Å². The molecule has 1 unspecified atom stereocenters. The van der Waals surface area contributed by atoms with E-state index in [1.807, 2.05) is 27.2 Å². The number of hydrogen-bond donors (Lipinski definition) is 1. The largest absolute Gasteiger partial charge is 0.498 e. The molecular formula is C46H87NO7P+. The molecule has 0 bridgehead atoms. The zero-order valence-electron chi connectivity index (χ0n) is 36.4. The Morgan fingerprint density at radius 3 is 1.55 bits per heavy atom. The van der Waals surface area contributed by atoms with Crippen LogP contribution in [0.5, 0.6) is 0 Å². The van der Waals surface area contributed by atoms with Crippen molar-refractivity contribution in [3.8, 4) is 0 Å². The van der Waals surface area contributed by atoms with Crippen molar-refractivity contribution in [2.24, 2.45) is 0 Å². The average Bonchev–Trinajstić information content (AvgIpc) is 3.13. The number of quaternary nitrogens is 1. The topological polar surface area (TPSA) is 91.3 Å². The molecule has 0 radical (unpaired) electrons. The number of esters is 1. The highest BCUT2D eigenvalue weighted by atomic mass is 31.2. The van der Waals surface area contributed by atoms with Crippen molar-refractivity contribution in [3.05, 3.63) is 48.8 Å². The van der Waals surface area contributed by atoms with E-state index in [2.05, 4.69) is 50.3 Å². The smallest absolute Gasteiger partial charge is 0.472 e. The average molecular weight is 797 g/mol. The van der Waals surface area contributed by atoms with Gasteiger partial charge in [0.2, 0.25) is 0 Å². The van der Waals surface area contributed by atoms with Gasteiger partial charge in [0, 0.05) is 6.42 Å². The molecule has 0 amide bonds. The zero-order chi connectivity index (χ0) is 40.6. The van der Waals surface area contributed by atoms with Crippen LogP contribution in [0, 0.1) is 0 Å². The lowest BCUT2D eigenvalue weighted by atomic mass is 10.1. The molecule has 0 aliphatic rings. The highest BCUT2D eigenvalue weighted by Gasteiger charge is 2.26. The number of unbranched alkanes of at least 4 members (excludes halogenated alkanes) is 21. The first-order valence-electron chi connectivity index (χ1n) is 22.4. The predicted octanol–water partition coefficient (Wildman–Crippen LogP) is 13.5. The molecule has 0 aromatic heterocycles. The first kappa shape index (κ1) is 53.3. The fourth-order valence-electron chi connectivity index (χ4n) is 5.90. The molecular weight excluding hydrogens is 709 g/mol. The van der Waals surface area contributed by atoms with Gasteiger partial charge < -0.3 is 18.9 Å². The molecule has 0 aromatic carbocycles. The van der Waals surface area contributed by atoms with Gasteiger partial charge in [-0.15, -0.1) is 0 Å². The lowest BCUT2D eigenvalue weighted by Crippen LogP contribution is -2.37. The molecule has 9 heteroatoms. The Kier molecular flexibility index (Phi) is 37.9. The standard InChI is InChI=1S/C46H86NO7P/c1-6-8-10-12-14-16-18-20-22-24-25-27-29-31-33-35-37-39-46(48)54-45(44-53-55(49,50)52-42-40-47(3,4)5)43-51-41-38-36-34-32-30-28-26-23-21-19-17-15-13-11-9-7-2/h14,16,20-23,38,41,45H,6-13,15,17-19,24-37,39-40,42-44H2,1-5H3/p+1/b16-14-,22-20-,23-21-,41-38-/t45-/m1/s1. The number of ether oxygens (including phenoxy) is 2. The number of phosphoric ester groups is 1. The van der Waals surface area contributed by atoms with Crippen molar-refractivity contribution in [2.45, 2.75) is 193 Å². The lowest BCUT2D eigenvalue weighted by molar-refractivity contribution is -0.870. The maximum Gasteiger partial charge on any atom is 0.472 e. The summed E-state index contributed by atoms with van der Waals surface area (Å²) in [4.78, 5) is 22.9. The van der Waals surface area contributed by atoms with Gasteiger partial charge in [0.25, 0.3) is 0 Å². The van der Waals surface area contributed by atoms with Crippen LogP contribution in [-0.2, 0) is 27.9 Å². The second-order valence-electron chi connectivity index (χ2n) is 16.1. The van der Waals surface area contributed by atoms with Crippen molar-refractivity contribution >= 4 is 13.8 Å². The van der Waals surface area contributed by atoms with Gasteiger partial charge in [-0.3, -0.25) is 13.8 Å². The van der Waals surface area contributed by atoms with Crippen LogP contribution in [0.4, 0.5) is 0 Å². The Morgan fingerprint density at radius 2 is 1.02 bits per heavy atom. The fourth-order valence-corrected chi connectivity index (χ4v) is 6.64. The Labute approximate surface area is 339 Å². The maximum atomic E-state index is 12.7. The highest BCUT2D eigenvalue weighted by Crippen LogP contribution is 2.43. The van der Waals surface area contributed by atoms with Crippen LogP contribution in [0.3, 0.4) is 0 Å². The third-order valence-electron chi connectivity index (χ3n) is 9.43. The predicted molar refractivity (Wildman–Crippen MR) is 233 cm³/mol. The minimum atomic E-state index is -4.30. The van der Waals surface area contributed by atoms with Gasteiger partial charge in [-0.2, -0.15) is 0 Å². The van der Waals surface area contributed by atoms with Gasteiger partial charge in [0.15, 0.2) is 6.10 Å². The minimum Gasteiger partial charge on any atom is -0.498 e. The molecule has 8 nitrogen and oxygen atoms in total. The lowest BCUT2D eigenvalue weighted by Gasteiger charge is -2.24. The summed E-state index contributed by atoms with van der Waals surface area (Å²) >= 11 is 0. The van der Waals surface area contributed by atoms with Crippen LogP contribution in [0.2, 0.25) is 0 Å². The molecule has 55 heavy (non-hydrogen) atoms. The van der Waals surface area contributed by atoms with Crippen molar-refractivity contribution in [2.75, 3.05) is 47.5 Å². The molecule has 1 N–H and O–H groups in total. The van der Waals surface area contributed by atoms with E-state index in [1.165, 1.54) is 116 Å². The maximum absolute atomic E-state index is 12.7. The van der Waals surface area contributed by atoms with Gasteiger partial charge >= 0.3 is 13.8 Å². The summed E-state index contributed by atoms with van der Waals surface area (Å²) in [6.45, 7) is 4.88. The van der Waals surface area contributed by atoms with Crippen molar-refractivity contribution in [3.63, 3.8) is 0 Å². The number of likely N-dealkylation sites (N-methyl/N-ethyl adjacent to an activating group) is 1. The van der Waals surface area contributed by atoms with Crippen LogP contribution in [0.15, 0.2) is 48.8 Å². The number of allylic oxidation sites excluding steroid dienone is 7. The molecule has 0 aliphatic carbocycles. The van der Waals surface area contributed by atoms with E-state index >= 15 is 0 Å². The molecule has 322 valence electrons. The summed E-state index contributed by atoms with van der Waals surface area (Å²) in [5, 5.41) is 0. The summed E-state index contributed by atoms with van der Waals surface area (Å²) in [6.07, 6.45) is 48.0. The quantitative estimate of drug-likeness (QED) is 0.0164. The molecule has 0 heterocycles. The van der Waals surface area contributed by atoms with Crippen LogP contribution < -0.4 is 0 Å². The number of phosphoric acid groups is 1. The van der Waals surface area contributed by atoms with Gasteiger partial charge in [0.05, 0.1) is 34.0 Å². The Balaban J connectivity index is 4.31. The molecule has 0 fully saturated rings. The first-order chi connectivity index (χ1) is 26.6. The Morgan fingerprint density at radius 1 is 0.582 bits per heavy atom. The summed E-state index contributed by atoms with van der Waals surface area (Å²) in [7, 11) is 1.62. The van der Waals surface area contributed by atoms with E-state index < -0.39 is 13.9 Å². The Bertz CT molecular complexity index is 1020. The van der Waals surface area contributed by atoms with E-state index in [-0.39, 0.29) is 25.8 Å². The van der Waals surface area contributed by atoms with E-state index in [4.69, 9.17) is 18.5 Å². The third-order valence-corrected chi connectivity index (χ3v) is 10.4. The summed E-state index contributed by atoms with van der Waals surface area (Å²) in [5.74, 6) is -0.347. The highest BCUT2D eigenvalue weighted by molar-refractivity contribution is 7.47. The summed E-state index contributed by atoms with van der Waals surface area (Å²) < 4.78 is 34.7. The third kappa shape index (κ3) is 43.3. The monoisotopic (exact) mass is 797 g/mol. The van der Waals surface area contributed by atoms with E-state index in [0.29, 0.717) is 17.4 Å². The van der Waals surface area contributed by atoms with Crippen molar-refractivity contribution in [1.29, 1.82) is 0 Å². The first-order valence-corrected chi connectivity index (χ1v) is 23.9. The second kappa shape index (κ2) is 39.1. The minimum absolute atomic E-state index is 0.0388. The normalized spacial score (nSPS) is 14.1. The van der Waals surface area contributed by atoms with Gasteiger partial charge in [-0.05, 0) is 83.1 Å². The molecule has 2 atom stereocenters. The van der Waals surface area contributed by atoms with Gasteiger partial charge in [-0.25, -0.2) is 4.57 Å². The molecule has 0 rings (SSSR count). The molecule has 0 spiro atoms. The van der Waals surface area contributed by atoms with Crippen LogP contribution in [0.1, 0.15) is 187 Å². The second-order valence-corrected chi connectivity index (χ2v) is 17.6. The number of nitrogens with zero attached hydrogens (tertiary/aromatic N) is 1. The Hall–Kier alpha value is -1.70. The summed E-state index contributed by atoms with van der Waals surface area (Å²) in [5.41, 5.74) is 0. The molecule has 0 saturated carbocycles. The molecule has 0 aliphatic heterocycles. The number of rotatable bonds is 41. The summed E-state index contributed by atoms with van der Waals surface area (Å²) in [6, 6.07) is 0. The SMILES string of the molecule is CCCCC/C=C\C/C=C\CCCCCCCCCC(=O)O[C@H](CO/C=C\CCCCCC/C=C\CCCCCCCC)COP(=O)(O)OCC[N+](C)(C)C. The number of carbonyl (C=O) groups excluding carboxylic acids is 1. The molecule has 0 saturated heterocycles. The van der Waals surface area contributed by atoms with Crippen LogP contribution in [-0.4, -0.2) is 69.0 Å². The zero-order valence-corrected chi connectivity index (χ0v) is 37.3. The molecule has 0 aromatic rings. The van der Waals surface area contributed by atoms with Crippen molar-refractivity contribution in [1.82, 2.24) is 0 Å². The van der Waals surface area contributed by atoms with Gasteiger partial charge in [0.1, 0.15) is 19.8 Å². The fraction of sp³-hybridized carbons (Fsp3) is 0.804. The van der Waals surface area contributed by atoms with E-state index in [1.54, 1.807) is 6.26 Å². The number of hydrogen-bond acceptors (Lipinski definition) is 6. The van der Waals surface area contributed by atoms with Crippen LogP contribution in [0.25, 0.3) is 0 Å². The number of carbonyl (C=O) groups is 1. The van der Waals surface area contributed by atoms with Crippen LogP contribution >= 0.6 is 7.82 Å². The van der Waals surface area contributed by atoms with E-state index in [0.717, 1.165) is 51.4 Å². The van der Waals surface area contributed by atoms with E-state index in [9.17, 15) is 14.3 Å². The van der Waals surface area contributed by atoms with Crippen molar-refractivity contribution < 1.29 is 37.3 Å².